The summed E-state index contributed by atoms with van der Waals surface area (Å²) < 4.78 is 37.6. The van der Waals surface area contributed by atoms with Crippen molar-refractivity contribution in [3.05, 3.63) is 60.7 Å². The molecule has 2 aromatic carbocycles. The average Bonchev–Trinajstić information content (AvgIpc) is 2.38. The van der Waals surface area contributed by atoms with Crippen molar-refractivity contribution in [3.63, 3.8) is 0 Å². The minimum atomic E-state index is -5.07. The van der Waals surface area contributed by atoms with Gasteiger partial charge in [0, 0.05) is 0 Å². The lowest BCUT2D eigenvalue weighted by Gasteiger charge is -2.18. The van der Waals surface area contributed by atoms with Crippen LogP contribution >= 0.6 is 15.6 Å². The monoisotopic (exact) mass is 330 g/mol. The van der Waals surface area contributed by atoms with Crippen molar-refractivity contribution in [1.82, 2.24) is 0 Å². The second-order valence-corrected chi connectivity index (χ2v) is 6.72. The molecule has 0 heterocycles. The van der Waals surface area contributed by atoms with Crippen LogP contribution in [0.25, 0.3) is 0 Å². The second kappa shape index (κ2) is 6.43. The van der Waals surface area contributed by atoms with Crippen LogP contribution in [-0.4, -0.2) is 9.79 Å². The molecule has 0 aromatic heterocycles. The van der Waals surface area contributed by atoms with Gasteiger partial charge >= 0.3 is 15.6 Å². The van der Waals surface area contributed by atoms with Crippen LogP contribution in [0.3, 0.4) is 0 Å². The molecule has 0 aliphatic carbocycles. The van der Waals surface area contributed by atoms with Crippen molar-refractivity contribution in [2.45, 2.75) is 0 Å². The van der Waals surface area contributed by atoms with E-state index in [0.717, 1.165) is 0 Å². The van der Waals surface area contributed by atoms with Crippen LogP contribution in [0.15, 0.2) is 60.7 Å². The van der Waals surface area contributed by atoms with Gasteiger partial charge in [0.05, 0.1) is 0 Å². The highest BCUT2D eigenvalue weighted by Crippen LogP contribution is 2.60. The molecule has 0 saturated heterocycles. The Morgan fingerprint density at radius 3 is 1.43 bits per heavy atom. The van der Waals surface area contributed by atoms with E-state index in [4.69, 9.17) is 18.8 Å². The predicted octanol–water partition coefficient (Wildman–Crippen LogP) is 3.36. The fourth-order valence-corrected chi connectivity index (χ4v) is 3.51. The minimum Gasteiger partial charge on any atom is -0.395 e. The first-order chi connectivity index (χ1) is 9.86. The van der Waals surface area contributed by atoms with Crippen LogP contribution < -0.4 is 9.05 Å². The van der Waals surface area contributed by atoms with Gasteiger partial charge in [-0.1, -0.05) is 36.4 Å². The summed E-state index contributed by atoms with van der Waals surface area (Å²) in [7, 11) is -9.62. The van der Waals surface area contributed by atoms with E-state index in [2.05, 4.69) is 4.31 Å². The largest absolute Gasteiger partial charge is 0.596 e. The molecule has 21 heavy (non-hydrogen) atoms. The normalized spacial score (nSPS) is 11.9. The Hall–Kier alpha value is -1.62. The predicted molar refractivity (Wildman–Crippen MR) is 74.9 cm³/mol. The third-order valence-electron chi connectivity index (χ3n) is 2.13. The van der Waals surface area contributed by atoms with Gasteiger partial charge < -0.3 is 18.8 Å². The molecule has 0 fully saturated rings. The Morgan fingerprint density at radius 2 is 1.10 bits per heavy atom. The van der Waals surface area contributed by atoms with Crippen LogP contribution in [0.1, 0.15) is 0 Å². The number of hydrogen-bond acceptors (Lipinski definition) is 5. The lowest BCUT2D eigenvalue weighted by Crippen LogP contribution is -2.03. The third-order valence-corrected chi connectivity index (χ3v) is 4.65. The first-order valence-corrected chi connectivity index (χ1v) is 8.72. The SMILES string of the molecule is O=P(O)(O)OP(=O)(Oc1ccccc1)Oc1ccccc1. The zero-order valence-corrected chi connectivity index (χ0v) is 12.4. The molecule has 112 valence electrons. The number of phosphoric acid groups is 2. The molecule has 2 N–H and O–H groups in total. The summed E-state index contributed by atoms with van der Waals surface area (Å²) in [6.07, 6.45) is 0. The molecular formula is C12H12O7P2. The Kier molecular flexibility index (Phi) is 4.83. The Bertz CT molecular complexity index is 623. The molecule has 0 aliphatic heterocycles. The molecule has 0 amide bonds. The number of hydrogen-bond donors (Lipinski definition) is 2. The Labute approximate surface area is 121 Å². The fraction of sp³-hybridized carbons (Fsp3) is 0. The molecule has 0 bridgehead atoms. The van der Waals surface area contributed by atoms with Crippen molar-refractivity contribution in [1.29, 1.82) is 0 Å². The Morgan fingerprint density at radius 1 is 0.714 bits per heavy atom. The quantitative estimate of drug-likeness (QED) is 0.783. The number of para-hydroxylation sites is 2. The van der Waals surface area contributed by atoms with E-state index >= 15 is 0 Å². The van der Waals surface area contributed by atoms with Gasteiger partial charge in [-0.15, -0.1) is 0 Å². The van der Waals surface area contributed by atoms with Crippen molar-refractivity contribution >= 4 is 15.6 Å². The molecule has 2 aromatic rings. The Balaban J connectivity index is 2.26. The van der Waals surface area contributed by atoms with Crippen LogP contribution in [0.5, 0.6) is 11.5 Å². The van der Waals surface area contributed by atoms with Crippen molar-refractivity contribution in [2.75, 3.05) is 0 Å². The van der Waals surface area contributed by atoms with Gasteiger partial charge in [-0.3, -0.25) is 0 Å². The topological polar surface area (TPSA) is 102 Å². The van der Waals surface area contributed by atoms with E-state index in [1.54, 1.807) is 36.4 Å². The summed E-state index contributed by atoms with van der Waals surface area (Å²) in [6.45, 7) is 0. The third kappa shape index (κ3) is 5.34. The molecule has 0 spiro atoms. The van der Waals surface area contributed by atoms with Crippen molar-refractivity contribution < 1.29 is 32.3 Å². The molecule has 0 aliphatic rings. The van der Waals surface area contributed by atoms with Crippen LogP contribution in [-0.2, 0) is 13.4 Å². The summed E-state index contributed by atoms with van der Waals surface area (Å²) in [5, 5.41) is 0. The molecule has 9 heteroatoms. The van der Waals surface area contributed by atoms with Crippen LogP contribution in [0.2, 0.25) is 0 Å². The van der Waals surface area contributed by atoms with E-state index in [1.807, 2.05) is 0 Å². The van der Waals surface area contributed by atoms with Gasteiger partial charge in [-0.2, -0.15) is 4.31 Å². The van der Waals surface area contributed by atoms with Crippen LogP contribution in [0.4, 0.5) is 0 Å². The maximum Gasteiger partial charge on any atom is 0.596 e. The summed E-state index contributed by atoms with van der Waals surface area (Å²) in [6, 6.07) is 15.6. The van der Waals surface area contributed by atoms with Crippen molar-refractivity contribution in [3.8, 4) is 11.5 Å². The number of benzene rings is 2. The highest BCUT2D eigenvalue weighted by molar-refractivity contribution is 7.61. The van der Waals surface area contributed by atoms with E-state index < -0.39 is 15.6 Å². The van der Waals surface area contributed by atoms with Gasteiger partial charge in [0.25, 0.3) is 0 Å². The maximum atomic E-state index is 12.4. The van der Waals surface area contributed by atoms with Gasteiger partial charge in [0.2, 0.25) is 0 Å². The molecule has 7 nitrogen and oxygen atoms in total. The zero-order valence-electron chi connectivity index (χ0n) is 10.6. The molecule has 0 radical (unpaired) electrons. The summed E-state index contributed by atoms with van der Waals surface area (Å²) >= 11 is 0. The number of phosphoric ester groups is 1. The highest BCUT2D eigenvalue weighted by Gasteiger charge is 2.39. The standard InChI is InChI=1S/C12H12O7P2/c13-20(14,15)19-21(16,17-11-7-3-1-4-8-11)18-12-9-5-2-6-10-12/h1-10H,(H2,13,14,15). The van der Waals surface area contributed by atoms with Crippen molar-refractivity contribution in [2.24, 2.45) is 0 Å². The molecule has 0 atom stereocenters. The maximum absolute atomic E-state index is 12.4. The average molecular weight is 330 g/mol. The zero-order chi connectivity index (χ0) is 15.3. The second-order valence-electron chi connectivity index (χ2n) is 3.83. The van der Waals surface area contributed by atoms with Gasteiger partial charge in [-0.05, 0) is 24.3 Å². The highest BCUT2D eigenvalue weighted by atomic mass is 31.3. The summed E-state index contributed by atoms with van der Waals surface area (Å²) in [5.41, 5.74) is 0. The summed E-state index contributed by atoms with van der Waals surface area (Å²) in [5.74, 6) is 0.176. The van der Waals surface area contributed by atoms with Crippen LogP contribution in [0, 0.1) is 0 Å². The molecular weight excluding hydrogens is 318 g/mol. The van der Waals surface area contributed by atoms with Gasteiger partial charge in [0.1, 0.15) is 11.5 Å². The first kappa shape index (κ1) is 15.8. The van der Waals surface area contributed by atoms with Gasteiger partial charge in [-0.25, -0.2) is 9.13 Å². The van der Waals surface area contributed by atoms with E-state index in [1.165, 1.54) is 24.3 Å². The first-order valence-electron chi connectivity index (χ1n) is 5.73. The minimum absolute atomic E-state index is 0.0882. The lowest BCUT2D eigenvalue weighted by atomic mass is 10.3. The van der Waals surface area contributed by atoms with E-state index in [-0.39, 0.29) is 11.5 Å². The van der Waals surface area contributed by atoms with E-state index in [9.17, 15) is 9.13 Å². The molecule has 0 unspecified atom stereocenters. The lowest BCUT2D eigenvalue weighted by molar-refractivity contribution is 0.233. The van der Waals surface area contributed by atoms with Gasteiger partial charge in [0.15, 0.2) is 0 Å². The van der Waals surface area contributed by atoms with E-state index in [0.29, 0.717) is 0 Å². The number of rotatable bonds is 6. The summed E-state index contributed by atoms with van der Waals surface area (Å²) in [4.78, 5) is 17.7. The fourth-order valence-electron chi connectivity index (χ4n) is 1.40. The smallest absolute Gasteiger partial charge is 0.395 e. The molecule has 0 saturated carbocycles. The molecule has 2 rings (SSSR count).